The van der Waals surface area contributed by atoms with E-state index in [0.717, 1.165) is 0 Å². The Labute approximate surface area is 55.5 Å². The number of hydrogen-bond acceptors (Lipinski definition) is 2. The highest BCUT2D eigenvalue weighted by atomic mass is 28.1. The third-order valence-corrected chi connectivity index (χ3v) is 0. The molecule has 0 fully saturated rings. The Morgan fingerprint density at radius 3 is 0.889 bits per heavy atom. The Hall–Kier alpha value is -1.10. The largest absolute Gasteiger partial charge is 0.724 e. The van der Waals surface area contributed by atoms with E-state index >= 15 is 0 Å². The van der Waals surface area contributed by atoms with Gasteiger partial charge in [0.15, 0.2) is 0 Å². The molecule has 0 atom stereocenters. The van der Waals surface area contributed by atoms with E-state index in [1.165, 1.54) is 0 Å². The van der Waals surface area contributed by atoms with Crippen LogP contribution < -0.4 is 0 Å². The lowest BCUT2D eigenvalue weighted by molar-refractivity contribution is 0.568. The molecule has 0 bridgehead atoms. The summed E-state index contributed by atoms with van der Waals surface area (Å²) in [6.07, 6.45) is 1.00. The van der Waals surface area contributed by atoms with E-state index in [1.807, 2.05) is 0 Å². The van der Waals surface area contributed by atoms with Crippen molar-refractivity contribution in [1.82, 2.24) is 0 Å². The van der Waals surface area contributed by atoms with Crippen LogP contribution in [0.15, 0.2) is 0 Å². The van der Waals surface area contributed by atoms with Gasteiger partial charge in [0.05, 0.1) is 0 Å². The zero-order valence-electron chi connectivity index (χ0n) is 4.21. The summed E-state index contributed by atoms with van der Waals surface area (Å²) < 4.78 is 0. The number of hydrogen-bond donors (Lipinski definition) is 0. The zero-order chi connectivity index (χ0) is 5.41. The summed E-state index contributed by atoms with van der Waals surface area (Å²) in [7, 11) is 0. The fourth-order valence-corrected chi connectivity index (χ4v) is 0. The lowest BCUT2D eigenvalue weighted by Crippen LogP contribution is -1.13. The zero-order valence-corrected chi connectivity index (χ0v) is 5.21. The summed E-state index contributed by atoms with van der Waals surface area (Å²) in [4.78, 5) is 16.5. The van der Waals surface area contributed by atoms with E-state index in [9.17, 15) is 0 Å². The predicted molar refractivity (Wildman–Crippen MR) is 31.1 cm³/mol. The van der Waals surface area contributed by atoms with Crippen LogP contribution in [0.25, 0.3) is 10.8 Å². The van der Waals surface area contributed by atoms with Crippen LogP contribution in [-0.2, 0) is 9.59 Å². The summed E-state index contributed by atoms with van der Waals surface area (Å²) in [6, 6.07) is 0. The highest BCUT2D eigenvalue weighted by Gasteiger charge is 0.793. The molecule has 0 unspecified atom stereocenters. The van der Waals surface area contributed by atoms with E-state index in [2.05, 4.69) is 0 Å². The van der Waals surface area contributed by atoms with Crippen LogP contribution >= 0.6 is 0 Å². The molecule has 0 saturated heterocycles. The molecule has 0 aromatic rings. The molecule has 0 aliphatic heterocycles. The second-order valence-electron chi connectivity index (χ2n) is 0.183. The van der Waals surface area contributed by atoms with Crippen LogP contribution in [0.2, 0.25) is 0 Å². The van der Waals surface area contributed by atoms with Crippen LogP contribution in [0.4, 0.5) is 0 Å². The van der Waals surface area contributed by atoms with Crippen molar-refractivity contribution in [2.45, 2.75) is 0 Å². The summed E-state index contributed by atoms with van der Waals surface area (Å²) >= 11 is 0. The highest BCUT2D eigenvalue weighted by Crippen LogP contribution is 0.952. The molecule has 0 rings (SSSR count). The molecule has 0 saturated carbocycles. The molecule has 52 valence electrons. The third-order valence-electron chi connectivity index (χ3n) is 0. The summed E-state index contributed by atoms with van der Waals surface area (Å²) in [5.41, 5.74) is 0. The fraction of sp³-hybridized carbons (Fsp3) is 0. The first-order chi connectivity index (χ1) is 2.83. The van der Waals surface area contributed by atoms with E-state index in [-0.39, 0.29) is 21.9 Å². The van der Waals surface area contributed by atoms with Crippen molar-refractivity contribution in [1.29, 1.82) is 0 Å². The van der Waals surface area contributed by atoms with Crippen molar-refractivity contribution in [3.05, 3.63) is 10.8 Å². The normalized spacial score (nSPS) is 1.78. The van der Waals surface area contributed by atoms with Crippen LogP contribution in [0.3, 0.4) is 0 Å². The van der Waals surface area contributed by atoms with Gasteiger partial charge in [0.25, 0.3) is 0 Å². The number of nitrogens with zero attached hydrogens (tertiary/aromatic N) is 2. The minimum atomic E-state index is 0. The monoisotopic (exact) mass is 148 g/mol. The molecule has 4 radical (unpaired) electrons. The van der Waals surface area contributed by atoms with Gasteiger partial charge in [-0.1, -0.05) is 0 Å². The van der Waals surface area contributed by atoms with Gasteiger partial charge in [-0.25, -0.2) is 0 Å². The second kappa shape index (κ2) is 298. The van der Waals surface area contributed by atoms with Crippen molar-refractivity contribution in [2.24, 2.45) is 0 Å². The van der Waals surface area contributed by atoms with Gasteiger partial charge in [-0.15, -0.1) is 0 Å². The molecular weight excluding hydrogens is 144 g/mol. The molecule has 0 amide bonds. The van der Waals surface area contributed by atoms with Crippen molar-refractivity contribution in [3.8, 4) is 0 Å². The molecule has 0 aromatic heterocycles. The second-order valence-corrected chi connectivity index (χ2v) is 0.183. The summed E-state index contributed by atoms with van der Waals surface area (Å²) in [5.74, 6) is 0. The quantitative estimate of drug-likeness (QED) is 0.217. The third kappa shape index (κ3) is 136. The standard InChI is InChI=1S/2CNO.2H2O.Si/c2*2-1-3;;;/h;;2*1H2;/q2*-1;;;. The lowest BCUT2D eigenvalue weighted by atomic mass is 11.7. The molecule has 0 aromatic carbocycles. The molecule has 4 N–H and O–H groups in total. The van der Waals surface area contributed by atoms with Gasteiger partial charge >= 0.3 is 0 Å². The van der Waals surface area contributed by atoms with E-state index in [4.69, 9.17) is 20.4 Å². The smallest absolute Gasteiger partial charge is 0 e. The summed E-state index contributed by atoms with van der Waals surface area (Å²) in [5, 5.41) is 13.5. The van der Waals surface area contributed by atoms with Crippen LogP contribution in [0.1, 0.15) is 0 Å². The molecular formula is C2H4N2O4Si-2. The number of rotatable bonds is 0. The SMILES string of the molecule is O.O.[N-]=C=O.[N-]=C=O.[Si]. The molecule has 9 heavy (non-hydrogen) atoms. The maximum Gasteiger partial charge on any atom is 0 e. The van der Waals surface area contributed by atoms with E-state index in [1.54, 1.807) is 0 Å². The Kier molecular flexibility index (Phi) is 1480. The van der Waals surface area contributed by atoms with Crippen molar-refractivity contribution in [3.63, 3.8) is 0 Å². The van der Waals surface area contributed by atoms with E-state index in [0.29, 0.717) is 12.2 Å². The van der Waals surface area contributed by atoms with Gasteiger partial charge in [0.2, 0.25) is 0 Å². The van der Waals surface area contributed by atoms with Gasteiger partial charge in [-0.2, -0.15) is 0 Å². The summed E-state index contributed by atoms with van der Waals surface area (Å²) in [6.45, 7) is 0. The maximum absolute atomic E-state index is 8.24. The average Bonchev–Trinajstić information content (AvgIpc) is 1.39. The highest BCUT2D eigenvalue weighted by molar-refractivity contribution is 5.75. The predicted octanol–water partition coefficient (Wildman–Crippen LogP) is -2.25. The molecule has 0 spiro atoms. The molecule has 7 heteroatoms. The lowest BCUT2D eigenvalue weighted by Gasteiger charge is -1.32. The van der Waals surface area contributed by atoms with Crippen LogP contribution in [-0.4, -0.2) is 34.1 Å². The Balaban J connectivity index is -0.00000000889. The minimum Gasteiger partial charge on any atom is -0.724 e. The number of isocyanates is 2. The van der Waals surface area contributed by atoms with Crippen LogP contribution in [0, 0.1) is 0 Å². The van der Waals surface area contributed by atoms with E-state index < -0.39 is 0 Å². The average molecular weight is 148 g/mol. The first kappa shape index (κ1) is 44.8. The maximum atomic E-state index is 8.24. The Morgan fingerprint density at radius 1 is 0.889 bits per heavy atom. The molecule has 0 aliphatic rings. The first-order valence-corrected chi connectivity index (χ1v) is 0.855. The fourth-order valence-electron chi connectivity index (χ4n) is 0. The molecule has 0 aliphatic carbocycles. The molecule has 0 heterocycles. The van der Waals surface area contributed by atoms with Gasteiger partial charge in [-0.05, 0) is 12.2 Å². The van der Waals surface area contributed by atoms with Crippen LogP contribution in [0.5, 0.6) is 0 Å². The Bertz CT molecular complexity index is 70.6. The van der Waals surface area contributed by atoms with Gasteiger partial charge in [-0.3, -0.25) is 9.59 Å². The van der Waals surface area contributed by atoms with Crippen molar-refractivity contribution in [2.75, 3.05) is 0 Å². The van der Waals surface area contributed by atoms with Gasteiger partial charge < -0.3 is 21.8 Å². The van der Waals surface area contributed by atoms with Gasteiger partial charge in [0, 0.05) is 11.0 Å². The van der Waals surface area contributed by atoms with Gasteiger partial charge in [0.1, 0.15) is 0 Å². The number of carbonyl (C=O) groups excluding carboxylic acids is 2. The Morgan fingerprint density at radius 2 is 0.889 bits per heavy atom. The minimum absolute atomic E-state index is 0. The topological polar surface area (TPSA) is 142 Å². The van der Waals surface area contributed by atoms with Crippen molar-refractivity contribution < 1.29 is 20.5 Å². The van der Waals surface area contributed by atoms with Crippen molar-refractivity contribution >= 4 is 23.1 Å². The first-order valence-electron chi connectivity index (χ1n) is 0.855. The molecule has 6 nitrogen and oxygen atoms in total.